The van der Waals surface area contributed by atoms with E-state index < -0.39 is 5.82 Å². The normalized spacial score (nSPS) is 10.5. The summed E-state index contributed by atoms with van der Waals surface area (Å²) < 4.78 is 15.2. The fourth-order valence-corrected chi connectivity index (χ4v) is 1.77. The second-order valence-electron chi connectivity index (χ2n) is 3.67. The zero-order valence-electron chi connectivity index (χ0n) is 9.15. The lowest BCUT2D eigenvalue weighted by molar-refractivity contribution is 0.0979. The summed E-state index contributed by atoms with van der Waals surface area (Å²) in [5, 5.41) is 0.0233. The summed E-state index contributed by atoms with van der Waals surface area (Å²) in [4.78, 5) is 15.8. The lowest BCUT2D eigenvalue weighted by Crippen LogP contribution is -2.11. The van der Waals surface area contributed by atoms with Gasteiger partial charge in [-0.15, -0.1) is 0 Å². The average molecular weight is 253 g/mol. The van der Waals surface area contributed by atoms with E-state index in [0.29, 0.717) is 5.82 Å². The molecule has 88 valence electrons. The summed E-state index contributed by atoms with van der Waals surface area (Å²) in [6, 6.07) is 4.61. The molecule has 0 aliphatic rings. The number of carbonyl (C=O) groups excluding carboxylic acids is 1. The van der Waals surface area contributed by atoms with Crippen LogP contribution in [0.4, 0.5) is 4.39 Å². The summed E-state index contributed by atoms with van der Waals surface area (Å²) in [6.45, 7) is 0. The quantitative estimate of drug-likeness (QED) is 0.787. The first-order valence-electron chi connectivity index (χ1n) is 5.03. The van der Waals surface area contributed by atoms with Crippen LogP contribution in [-0.2, 0) is 13.5 Å². The number of hydrogen-bond donors (Lipinski definition) is 0. The van der Waals surface area contributed by atoms with E-state index in [1.54, 1.807) is 29.9 Å². The first-order chi connectivity index (χ1) is 8.09. The van der Waals surface area contributed by atoms with E-state index in [0.717, 1.165) is 0 Å². The molecule has 17 heavy (non-hydrogen) atoms. The zero-order valence-corrected chi connectivity index (χ0v) is 9.91. The van der Waals surface area contributed by atoms with Gasteiger partial charge in [0.15, 0.2) is 5.82 Å². The van der Waals surface area contributed by atoms with Crippen molar-refractivity contribution < 1.29 is 9.18 Å². The first-order valence-corrected chi connectivity index (χ1v) is 5.41. The molecule has 0 aliphatic carbocycles. The fraction of sp³-hybridized carbons (Fsp3) is 0.167. The second-order valence-corrected chi connectivity index (χ2v) is 4.08. The van der Waals surface area contributed by atoms with Crippen LogP contribution in [0.5, 0.6) is 0 Å². The molecule has 0 atom stereocenters. The average Bonchev–Trinajstić information content (AvgIpc) is 2.71. The van der Waals surface area contributed by atoms with Crippen LogP contribution in [0.1, 0.15) is 16.2 Å². The van der Waals surface area contributed by atoms with E-state index >= 15 is 0 Å². The fourth-order valence-electron chi connectivity index (χ4n) is 1.57. The number of hydrogen-bond acceptors (Lipinski definition) is 2. The number of rotatable bonds is 3. The van der Waals surface area contributed by atoms with Crippen molar-refractivity contribution in [3.05, 3.63) is 52.8 Å². The number of carbonyl (C=O) groups is 1. The minimum Gasteiger partial charge on any atom is -0.332 e. The number of aryl methyl sites for hydroxylation is 1. The lowest BCUT2D eigenvalue weighted by atomic mass is 10.1. The molecule has 0 saturated carbocycles. The topological polar surface area (TPSA) is 34.9 Å². The van der Waals surface area contributed by atoms with Crippen LogP contribution in [0, 0.1) is 5.82 Å². The summed E-state index contributed by atoms with van der Waals surface area (Å²) in [5.74, 6) is -0.472. The van der Waals surface area contributed by atoms with Gasteiger partial charge in [-0.2, -0.15) is 0 Å². The van der Waals surface area contributed by atoms with Crippen molar-refractivity contribution in [2.45, 2.75) is 6.42 Å². The maximum atomic E-state index is 13.6. The maximum absolute atomic E-state index is 13.6. The molecule has 5 heteroatoms. The standard InChI is InChI=1S/C12H10ClFN2O/c1-16-6-5-15-12(16)10(17)7-8-3-2-4-9(13)11(8)14/h2-6H,7H2,1H3. The van der Waals surface area contributed by atoms with E-state index in [1.165, 1.54) is 12.3 Å². The highest BCUT2D eigenvalue weighted by atomic mass is 35.5. The van der Waals surface area contributed by atoms with Gasteiger partial charge in [-0.3, -0.25) is 4.79 Å². The van der Waals surface area contributed by atoms with Crippen LogP contribution < -0.4 is 0 Å². The van der Waals surface area contributed by atoms with Crippen LogP contribution in [0.2, 0.25) is 5.02 Å². The molecular weight excluding hydrogens is 243 g/mol. The number of benzene rings is 1. The van der Waals surface area contributed by atoms with Gasteiger partial charge in [0, 0.05) is 25.9 Å². The van der Waals surface area contributed by atoms with Crippen molar-refractivity contribution in [3.63, 3.8) is 0 Å². The molecule has 1 aromatic heterocycles. The second kappa shape index (κ2) is 4.67. The van der Waals surface area contributed by atoms with E-state index in [-0.39, 0.29) is 22.8 Å². The maximum Gasteiger partial charge on any atom is 0.202 e. The van der Waals surface area contributed by atoms with Gasteiger partial charge in [0.1, 0.15) is 5.82 Å². The molecule has 0 bridgehead atoms. The zero-order chi connectivity index (χ0) is 12.4. The van der Waals surface area contributed by atoms with Crippen LogP contribution >= 0.6 is 11.6 Å². The molecule has 0 saturated heterocycles. The van der Waals surface area contributed by atoms with Crippen molar-refractivity contribution in [1.82, 2.24) is 9.55 Å². The Morgan fingerprint density at radius 3 is 2.94 bits per heavy atom. The molecule has 0 unspecified atom stereocenters. The van der Waals surface area contributed by atoms with E-state index in [4.69, 9.17) is 11.6 Å². The Hall–Kier alpha value is -1.68. The van der Waals surface area contributed by atoms with Crippen molar-refractivity contribution >= 4 is 17.4 Å². The van der Waals surface area contributed by atoms with Crippen LogP contribution in [-0.4, -0.2) is 15.3 Å². The third-order valence-corrected chi connectivity index (χ3v) is 2.75. The summed E-state index contributed by atoms with van der Waals surface area (Å²) >= 11 is 5.65. The van der Waals surface area contributed by atoms with E-state index in [2.05, 4.69) is 4.98 Å². The minimum absolute atomic E-state index is 0.0233. The van der Waals surface area contributed by atoms with Gasteiger partial charge < -0.3 is 4.57 Å². The lowest BCUT2D eigenvalue weighted by Gasteiger charge is -2.04. The SMILES string of the molecule is Cn1ccnc1C(=O)Cc1cccc(Cl)c1F. The van der Waals surface area contributed by atoms with Crippen molar-refractivity contribution in [2.75, 3.05) is 0 Å². The van der Waals surface area contributed by atoms with Crippen LogP contribution in [0.3, 0.4) is 0 Å². The van der Waals surface area contributed by atoms with Gasteiger partial charge in [0.25, 0.3) is 0 Å². The molecule has 0 amide bonds. The third kappa shape index (κ3) is 2.36. The Kier molecular flexibility index (Phi) is 3.24. The van der Waals surface area contributed by atoms with Crippen molar-refractivity contribution in [3.8, 4) is 0 Å². The molecule has 0 aliphatic heterocycles. The number of imidazole rings is 1. The highest BCUT2D eigenvalue weighted by Gasteiger charge is 2.15. The minimum atomic E-state index is -0.545. The summed E-state index contributed by atoms with van der Waals surface area (Å²) in [5.41, 5.74) is 0.283. The van der Waals surface area contributed by atoms with E-state index in [1.807, 2.05) is 0 Å². The molecule has 0 spiro atoms. The Morgan fingerprint density at radius 2 is 2.29 bits per heavy atom. The van der Waals surface area contributed by atoms with Gasteiger partial charge in [-0.1, -0.05) is 23.7 Å². The highest BCUT2D eigenvalue weighted by Crippen LogP contribution is 2.19. The number of Topliss-reactive ketones (excluding diaryl/α,β-unsaturated/α-hetero) is 1. The molecule has 1 aromatic carbocycles. The Bertz CT molecular complexity index is 565. The largest absolute Gasteiger partial charge is 0.332 e. The number of ketones is 1. The molecule has 0 fully saturated rings. The monoisotopic (exact) mass is 252 g/mol. The summed E-state index contributed by atoms with van der Waals surface area (Å²) in [7, 11) is 1.72. The Labute approximate surface area is 103 Å². The predicted octanol–water partition coefficient (Wildman–Crippen LogP) is 2.64. The first kappa shape index (κ1) is 11.8. The third-order valence-electron chi connectivity index (χ3n) is 2.45. The van der Waals surface area contributed by atoms with Gasteiger partial charge in [-0.25, -0.2) is 9.37 Å². The molecule has 1 heterocycles. The van der Waals surface area contributed by atoms with Gasteiger partial charge in [0.2, 0.25) is 5.78 Å². The molecular formula is C12H10ClFN2O. The van der Waals surface area contributed by atoms with E-state index in [9.17, 15) is 9.18 Å². The Balaban J connectivity index is 2.25. The molecule has 0 radical (unpaired) electrons. The smallest absolute Gasteiger partial charge is 0.202 e. The van der Waals surface area contributed by atoms with Crippen LogP contribution in [0.15, 0.2) is 30.6 Å². The molecule has 2 rings (SSSR count). The van der Waals surface area contributed by atoms with Gasteiger partial charge in [0.05, 0.1) is 5.02 Å². The van der Waals surface area contributed by atoms with Crippen molar-refractivity contribution in [1.29, 1.82) is 0 Å². The predicted molar refractivity (Wildman–Crippen MR) is 62.7 cm³/mol. The number of nitrogens with zero attached hydrogens (tertiary/aromatic N) is 2. The Morgan fingerprint density at radius 1 is 1.53 bits per heavy atom. The number of halogens is 2. The van der Waals surface area contributed by atoms with Gasteiger partial charge in [-0.05, 0) is 11.6 Å². The molecule has 3 nitrogen and oxygen atoms in total. The van der Waals surface area contributed by atoms with Crippen molar-refractivity contribution in [2.24, 2.45) is 7.05 Å². The molecule has 2 aromatic rings. The van der Waals surface area contributed by atoms with Gasteiger partial charge >= 0.3 is 0 Å². The summed E-state index contributed by atoms with van der Waals surface area (Å²) in [6.07, 6.45) is 3.15. The van der Waals surface area contributed by atoms with Crippen LogP contribution in [0.25, 0.3) is 0 Å². The number of aromatic nitrogens is 2. The highest BCUT2D eigenvalue weighted by molar-refractivity contribution is 6.30. The molecule has 0 N–H and O–H groups in total.